The monoisotopic (exact) mass is 491 g/mol. The lowest BCUT2D eigenvalue weighted by molar-refractivity contribution is 0.0746. The van der Waals surface area contributed by atoms with Crippen LogP contribution in [0.3, 0.4) is 0 Å². The number of sulfonamides is 1. The van der Waals surface area contributed by atoms with Gasteiger partial charge in [0.2, 0.25) is 0 Å². The molecular formula is C28H33N3O3S. The van der Waals surface area contributed by atoms with Crippen LogP contribution in [0.5, 0.6) is 0 Å². The molecule has 0 radical (unpaired) electrons. The maximum atomic E-state index is 13.3. The van der Waals surface area contributed by atoms with Crippen molar-refractivity contribution in [3.63, 3.8) is 0 Å². The van der Waals surface area contributed by atoms with Crippen molar-refractivity contribution < 1.29 is 13.2 Å². The van der Waals surface area contributed by atoms with Crippen LogP contribution in [0.15, 0.2) is 77.7 Å². The van der Waals surface area contributed by atoms with Gasteiger partial charge >= 0.3 is 0 Å². The summed E-state index contributed by atoms with van der Waals surface area (Å²) < 4.78 is 28.8. The summed E-state index contributed by atoms with van der Waals surface area (Å²) in [5.41, 5.74) is 4.03. The zero-order valence-corrected chi connectivity index (χ0v) is 21.2. The molecule has 35 heavy (non-hydrogen) atoms. The number of nitrogens with zero attached hydrogens (tertiary/aromatic N) is 2. The van der Waals surface area contributed by atoms with E-state index in [1.54, 1.807) is 29.2 Å². The van der Waals surface area contributed by atoms with E-state index in [1.165, 1.54) is 11.6 Å². The van der Waals surface area contributed by atoms with Gasteiger partial charge in [0, 0.05) is 43.1 Å². The number of hydrogen-bond donors (Lipinski definition) is 1. The summed E-state index contributed by atoms with van der Waals surface area (Å²) in [6.07, 6.45) is 3.20. The van der Waals surface area contributed by atoms with Crippen molar-refractivity contribution in [2.45, 2.75) is 38.0 Å². The van der Waals surface area contributed by atoms with Crippen LogP contribution in [-0.4, -0.2) is 45.4 Å². The number of unbranched alkanes of at least 4 members (excludes halogenated alkanes) is 1. The molecule has 1 saturated heterocycles. The number of benzene rings is 3. The number of rotatable bonds is 8. The minimum atomic E-state index is -3.82. The van der Waals surface area contributed by atoms with Crippen LogP contribution in [0, 0.1) is 6.92 Å². The van der Waals surface area contributed by atoms with Crippen molar-refractivity contribution in [3.05, 3.63) is 89.5 Å². The molecule has 0 unspecified atom stereocenters. The standard InChI is InChI=1S/C28H33N3O3S/c1-3-4-8-23-12-14-24(15-13-23)29-35(33,34)26-16-11-22(2)27(21-26)28(32)31-19-17-30(18-20-31)25-9-6-5-7-10-25/h5-7,9-16,21,29H,3-4,8,17-20H2,1-2H3. The van der Waals surface area contributed by atoms with E-state index in [-0.39, 0.29) is 10.8 Å². The van der Waals surface area contributed by atoms with E-state index >= 15 is 0 Å². The highest BCUT2D eigenvalue weighted by Gasteiger charge is 2.25. The number of amides is 1. The summed E-state index contributed by atoms with van der Waals surface area (Å²) in [6.45, 7) is 6.64. The van der Waals surface area contributed by atoms with Gasteiger partial charge in [-0.15, -0.1) is 0 Å². The summed E-state index contributed by atoms with van der Waals surface area (Å²) in [5, 5.41) is 0. The third kappa shape index (κ3) is 6.03. The number of aryl methyl sites for hydroxylation is 2. The van der Waals surface area contributed by atoms with Crippen molar-refractivity contribution in [2.24, 2.45) is 0 Å². The van der Waals surface area contributed by atoms with Gasteiger partial charge in [-0.25, -0.2) is 8.42 Å². The molecule has 1 fully saturated rings. The molecule has 184 valence electrons. The number of nitrogens with one attached hydrogen (secondary N) is 1. The Bertz CT molecular complexity index is 1250. The number of para-hydroxylation sites is 1. The number of anilines is 2. The lowest BCUT2D eigenvalue weighted by Gasteiger charge is -2.36. The Morgan fingerprint density at radius 2 is 1.60 bits per heavy atom. The second-order valence-electron chi connectivity index (χ2n) is 9.00. The molecule has 7 heteroatoms. The minimum absolute atomic E-state index is 0.0874. The predicted molar refractivity (Wildman–Crippen MR) is 142 cm³/mol. The van der Waals surface area contributed by atoms with Gasteiger partial charge in [-0.1, -0.05) is 49.7 Å². The van der Waals surface area contributed by atoms with E-state index in [1.807, 2.05) is 37.3 Å². The Morgan fingerprint density at radius 3 is 2.26 bits per heavy atom. The molecule has 0 aliphatic carbocycles. The predicted octanol–water partition coefficient (Wildman–Crippen LogP) is 5.10. The summed E-state index contributed by atoms with van der Waals surface area (Å²) in [7, 11) is -3.82. The number of piperazine rings is 1. The second kappa shape index (κ2) is 11.0. The summed E-state index contributed by atoms with van der Waals surface area (Å²) in [6, 6.07) is 22.4. The van der Waals surface area contributed by atoms with Crippen molar-refractivity contribution in [1.82, 2.24) is 4.90 Å². The highest BCUT2D eigenvalue weighted by atomic mass is 32.2. The van der Waals surface area contributed by atoms with E-state index in [9.17, 15) is 13.2 Å². The quantitative estimate of drug-likeness (QED) is 0.476. The Morgan fingerprint density at radius 1 is 0.914 bits per heavy atom. The van der Waals surface area contributed by atoms with Crippen LogP contribution in [0.25, 0.3) is 0 Å². The molecule has 0 bridgehead atoms. The van der Waals surface area contributed by atoms with E-state index in [2.05, 4.69) is 28.7 Å². The summed E-state index contributed by atoms with van der Waals surface area (Å²) in [4.78, 5) is 17.5. The molecule has 3 aromatic rings. The van der Waals surface area contributed by atoms with Gasteiger partial charge in [-0.3, -0.25) is 9.52 Å². The topological polar surface area (TPSA) is 69.7 Å². The first-order valence-corrected chi connectivity index (χ1v) is 13.7. The average molecular weight is 492 g/mol. The molecule has 1 aliphatic heterocycles. The highest BCUT2D eigenvalue weighted by Crippen LogP contribution is 2.23. The van der Waals surface area contributed by atoms with Crippen molar-refractivity contribution in [1.29, 1.82) is 0 Å². The molecule has 0 atom stereocenters. The first-order valence-electron chi connectivity index (χ1n) is 12.2. The third-order valence-corrected chi connectivity index (χ3v) is 7.84. The molecule has 1 amide bonds. The lowest BCUT2D eigenvalue weighted by Crippen LogP contribution is -2.49. The molecule has 3 aromatic carbocycles. The van der Waals surface area contributed by atoms with Crippen molar-refractivity contribution in [3.8, 4) is 0 Å². The first kappa shape index (κ1) is 24.8. The maximum absolute atomic E-state index is 13.3. The summed E-state index contributed by atoms with van der Waals surface area (Å²) >= 11 is 0. The molecule has 0 aromatic heterocycles. The maximum Gasteiger partial charge on any atom is 0.261 e. The molecule has 6 nitrogen and oxygen atoms in total. The fourth-order valence-corrected chi connectivity index (χ4v) is 5.39. The van der Waals surface area contributed by atoms with E-state index in [0.717, 1.165) is 43.6 Å². The van der Waals surface area contributed by atoms with Crippen LogP contribution < -0.4 is 9.62 Å². The zero-order valence-electron chi connectivity index (χ0n) is 20.4. The van der Waals surface area contributed by atoms with Gasteiger partial charge in [0.25, 0.3) is 15.9 Å². The SMILES string of the molecule is CCCCc1ccc(NS(=O)(=O)c2ccc(C)c(C(=O)N3CCN(c4ccccc4)CC3)c2)cc1. The second-order valence-corrected chi connectivity index (χ2v) is 10.7. The number of carbonyl (C=O) groups excluding carboxylic acids is 1. The minimum Gasteiger partial charge on any atom is -0.368 e. The Kier molecular flexibility index (Phi) is 7.76. The van der Waals surface area contributed by atoms with Gasteiger partial charge in [0.05, 0.1) is 4.90 Å². The van der Waals surface area contributed by atoms with Gasteiger partial charge in [0.1, 0.15) is 0 Å². The number of hydrogen-bond acceptors (Lipinski definition) is 4. The van der Waals surface area contributed by atoms with Crippen LogP contribution in [0.4, 0.5) is 11.4 Å². The van der Waals surface area contributed by atoms with E-state index < -0.39 is 10.0 Å². The Hall–Kier alpha value is -3.32. The molecular weight excluding hydrogens is 458 g/mol. The largest absolute Gasteiger partial charge is 0.368 e. The first-order chi connectivity index (χ1) is 16.9. The lowest BCUT2D eigenvalue weighted by atomic mass is 10.1. The zero-order chi connectivity index (χ0) is 24.8. The van der Waals surface area contributed by atoms with Crippen molar-refractivity contribution in [2.75, 3.05) is 35.8 Å². The van der Waals surface area contributed by atoms with Crippen LogP contribution in [0.1, 0.15) is 41.3 Å². The van der Waals surface area contributed by atoms with Crippen LogP contribution in [0.2, 0.25) is 0 Å². The van der Waals surface area contributed by atoms with E-state index in [4.69, 9.17) is 0 Å². The smallest absolute Gasteiger partial charge is 0.261 e. The highest BCUT2D eigenvalue weighted by molar-refractivity contribution is 7.92. The Balaban J connectivity index is 1.45. The molecule has 0 spiro atoms. The van der Waals surface area contributed by atoms with Crippen LogP contribution in [-0.2, 0) is 16.4 Å². The van der Waals surface area contributed by atoms with Gasteiger partial charge < -0.3 is 9.80 Å². The molecule has 1 N–H and O–H groups in total. The fraction of sp³-hybridized carbons (Fsp3) is 0.321. The van der Waals surface area contributed by atoms with Crippen molar-refractivity contribution >= 4 is 27.3 Å². The molecule has 4 rings (SSSR count). The van der Waals surface area contributed by atoms with Gasteiger partial charge in [0.15, 0.2) is 0 Å². The van der Waals surface area contributed by atoms with Gasteiger partial charge in [-0.05, 0) is 67.3 Å². The molecule has 0 saturated carbocycles. The Labute approximate surface area is 208 Å². The van der Waals surface area contributed by atoms with Crippen LogP contribution >= 0.6 is 0 Å². The van der Waals surface area contributed by atoms with Gasteiger partial charge in [-0.2, -0.15) is 0 Å². The fourth-order valence-electron chi connectivity index (χ4n) is 4.31. The normalized spacial score (nSPS) is 14.1. The third-order valence-electron chi connectivity index (χ3n) is 6.46. The average Bonchev–Trinajstić information content (AvgIpc) is 2.88. The number of carbonyl (C=O) groups is 1. The molecule has 1 heterocycles. The summed E-state index contributed by atoms with van der Waals surface area (Å²) in [5.74, 6) is -0.132. The van der Waals surface area contributed by atoms with E-state index in [0.29, 0.717) is 24.3 Å². The molecule has 1 aliphatic rings.